The van der Waals surface area contributed by atoms with Crippen molar-refractivity contribution in [2.24, 2.45) is 0 Å². The van der Waals surface area contributed by atoms with E-state index in [0.717, 1.165) is 23.3 Å². The Labute approximate surface area is 118 Å². The minimum Gasteiger partial charge on any atom is -0.485 e. The van der Waals surface area contributed by atoms with Crippen molar-refractivity contribution in [2.75, 3.05) is 0 Å². The van der Waals surface area contributed by atoms with Crippen LogP contribution in [-0.2, 0) is 13.0 Å². The van der Waals surface area contributed by atoms with Gasteiger partial charge < -0.3 is 9.84 Å². The van der Waals surface area contributed by atoms with Crippen LogP contribution >= 0.6 is 0 Å². The lowest BCUT2D eigenvalue weighted by Crippen LogP contribution is -2.13. The van der Waals surface area contributed by atoms with Gasteiger partial charge in [-0.15, -0.1) is 0 Å². The van der Waals surface area contributed by atoms with Gasteiger partial charge in [-0.2, -0.15) is 0 Å². The lowest BCUT2D eigenvalue weighted by Gasteiger charge is -2.08. The topological polar surface area (TPSA) is 55.2 Å². The Morgan fingerprint density at radius 2 is 1.95 bits per heavy atom. The standard InChI is InChI=1S/C12H14O2.C4H4N2/c1-8(2)12-6-10-5-9(7-13)3-4-11(10)14-12;1-2-6-4-3-5-1/h3-5,12-13H,1,6-7H2,2H3;1-4H. The molecule has 20 heavy (non-hydrogen) atoms. The van der Waals surface area contributed by atoms with Gasteiger partial charge in [0.1, 0.15) is 11.9 Å². The Hall–Kier alpha value is -2.20. The van der Waals surface area contributed by atoms with Gasteiger partial charge in [-0.25, -0.2) is 0 Å². The predicted octanol–water partition coefficient (Wildman–Crippen LogP) is 2.54. The molecule has 0 radical (unpaired) electrons. The first kappa shape index (κ1) is 14.2. The Morgan fingerprint density at radius 1 is 1.30 bits per heavy atom. The third-order valence-electron chi connectivity index (χ3n) is 3.01. The number of aromatic nitrogens is 2. The second-order valence-electron chi connectivity index (χ2n) is 4.65. The molecule has 1 unspecified atom stereocenters. The number of benzene rings is 1. The second-order valence-corrected chi connectivity index (χ2v) is 4.65. The zero-order chi connectivity index (χ0) is 14.4. The zero-order valence-electron chi connectivity index (χ0n) is 11.5. The van der Waals surface area contributed by atoms with Gasteiger partial charge in [0.15, 0.2) is 0 Å². The molecule has 104 valence electrons. The predicted molar refractivity (Wildman–Crippen MR) is 77.3 cm³/mol. The molecule has 1 aromatic carbocycles. The highest BCUT2D eigenvalue weighted by molar-refractivity contribution is 5.42. The second kappa shape index (κ2) is 6.82. The van der Waals surface area contributed by atoms with Crippen LogP contribution in [0.3, 0.4) is 0 Å². The van der Waals surface area contributed by atoms with Crippen molar-refractivity contribution in [3.8, 4) is 5.75 Å². The van der Waals surface area contributed by atoms with Crippen LogP contribution in [0.4, 0.5) is 0 Å². The molecule has 0 saturated carbocycles. The summed E-state index contributed by atoms with van der Waals surface area (Å²) in [6.45, 7) is 5.95. The van der Waals surface area contributed by atoms with Crippen LogP contribution in [0.15, 0.2) is 55.1 Å². The number of nitrogens with zero attached hydrogens (tertiary/aromatic N) is 2. The molecule has 2 aromatic rings. The maximum Gasteiger partial charge on any atom is 0.123 e. The number of ether oxygens (including phenoxy) is 1. The highest BCUT2D eigenvalue weighted by Crippen LogP contribution is 2.31. The fourth-order valence-corrected chi connectivity index (χ4v) is 1.93. The molecular formula is C16H18N2O2. The quantitative estimate of drug-likeness (QED) is 0.852. The summed E-state index contributed by atoms with van der Waals surface area (Å²) in [6.07, 6.45) is 7.54. The monoisotopic (exact) mass is 270 g/mol. The molecule has 0 aliphatic carbocycles. The fraction of sp³-hybridized carbons (Fsp3) is 0.250. The lowest BCUT2D eigenvalue weighted by molar-refractivity contribution is 0.270. The molecule has 0 saturated heterocycles. The van der Waals surface area contributed by atoms with Crippen molar-refractivity contribution >= 4 is 0 Å². The third-order valence-corrected chi connectivity index (χ3v) is 3.01. The van der Waals surface area contributed by atoms with E-state index in [9.17, 15) is 0 Å². The first-order valence-electron chi connectivity index (χ1n) is 6.45. The van der Waals surface area contributed by atoms with Crippen molar-refractivity contribution in [3.63, 3.8) is 0 Å². The van der Waals surface area contributed by atoms with Crippen molar-refractivity contribution in [1.82, 2.24) is 9.97 Å². The van der Waals surface area contributed by atoms with Crippen molar-refractivity contribution in [2.45, 2.75) is 26.1 Å². The fourth-order valence-electron chi connectivity index (χ4n) is 1.93. The van der Waals surface area contributed by atoms with Crippen LogP contribution in [0.5, 0.6) is 5.75 Å². The highest BCUT2D eigenvalue weighted by Gasteiger charge is 2.23. The zero-order valence-corrected chi connectivity index (χ0v) is 11.5. The van der Waals surface area contributed by atoms with E-state index in [2.05, 4.69) is 16.5 Å². The molecule has 3 rings (SSSR count). The number of rotatable bonds is 2. The first-order valence-corrected chi connectivity index (χ1v) is 6.45. The average Bonchev–Trinajstić information content (AvgIpc) is 2.93. The van der Waals surface area contributed by atoms with Crippen LogP contribution < -0.4 is 4.74 Å². The van der Waals surface area contributed by atoms with Crippen molar-refractivity contribution in [1.29, 1.82) is 0 Å². The van der Waals surface area contributed by atoms with E-state index in [1.807, 2.05) is 25.1 Å². The van der Waals surface area contributed by atoms with Crippen molar-refractivity contribution < 1.29 is 9.84 Å². The molecule has 4 nitrogen and oxygen atoms in total. The van der Waals surface area contributed by atoms with Crippen LogP contribution in [0.1, 0.15) is 18.1 Å². The molecule has 0 amide bonds. The Kier molecular flexibility index (Phi) is 4.85. The smallest absolute Gasteiger partial charge is 0.123 e. The Bertz CT molecular complexity index is 543. The normalized spacial score (nSPS) is 15.6. The van der Waals surface area contributed by atoms with Gasteiger partial charge in [0, 0.05) is 31.2 Å². The van der Waals surface area contributed by atoms with E-state index in [4.69, 9.17) is 9.84 Å². The number of hydrogen-bond donors (Lipinski definition) is 1. The van der Waals surface area contributed by atoms with Gasteiger partial charge in [0.2, 0.25) is 0 Å². The van der Waals surface area contributed by atoms with Gasteiger partial charge in [-0.3, -0.25) is 9.97 Å². The largest absolute Gasteiger partial charge is 0.485 e. The van der Waals surface area contributed by atoms with Crippen LogP contribution in [-0.4, -0.2) is 21.2 Å². The van der Waals surface area contributed by atoms with Gasteiger partial charge in [0.05, 0.1) is 6.61 Å². The molecule has 1 aromatic heterocycles. The summed E-state index contributed by atoms with van der Waals surface area (Å²) in [5, 5.41) is 8.99. The van der Waals surface area contributed by atoms with E-state index in [1.165, 1.54) is 5.56 Å². The summed E-state index contributed by atoms with van der Waals surface area (Å²) in [5.41, 5.74) is 3.16. The Morgan fingerprint density at radius 3 is 2.45 bits per heavy atom. The molecular weight excluding hydrogens is 252 g/mol. The molecule has 0 bridgehead atoms. The number of aliphatic hydroxyl groups excluding tert-OH is 1. The molecule has 1 aliphatic rings. The maximum atomic E-state index is 8.99. The Balaban J connectivity index is 0.000000205. The van der Waals surface area contributed by atoms with E-state index in [1.54, 1.807) is 24.8 Å². The van der Waals surface area contributed by atoms with Gasteiger partial charge in [-0.1, -0.05) is 12.6 Å². The maximum absolute atomic E-state index is 8.99. The summed E-state index contributed by atoms with van der Waals surface area (Å²) >= 11 is 0. The summed E-state index contributed by atoms with van der Waals surface area (Å²) in [7, 11) is 0. The highest BCUT2D eigenvalue weighted by atomic mass is 16.5. The average molecular weight is 270 g/mol. The van der Waals surface area contributed by atoms with E-state index in [-0.39, 0.29) is 12.7 Å². The van der Waals surface area contributed by atoms with Gasteiger partial charge in [-0.05, 0) is 35.8 Å². The van der Waals surface area contributed by atoms with E-state index >= 15 is 0 Å². The first-order chi connectivity index (χ1) is 9.70. The van der Waals surface area contributed by atoms with Gasteiger partial charge in [0.25, 0.3) is 0 Å². The van der Waals surface area contributed by atoms with Gasteiger partial charge >= 0.3 is 0 Å². The molecule has 4 heteroatoms. The molecule has 1 atom stereocenters. The SMILES string of the molecule is C=C(C)C1Cc2cc(CO)ccc2O1.c1cnccn1. The summed E-state index contributed by atoms with van der Waals surface area (Å²) < 4.78 is 5.69. The number of hydrogen-bond acceptors (Lipinski definition) is 4. The van der Waals surface area contributed by atoms with E-state index < -0.39 is 0 Å². The summed E-state index contributed by atoms with van der Waals surface area (Å²) in [5.74, 6) is 0.926. The van der Waals surface area contributed by atoms with E-state index in [0.29, 0.717) is 0 Å². The molecule has 2 heterocycles. The molecule has 0 spiro atoms. The minimum atomic E-state index is 0.0883. The number of aliphatic hydroxyl groups is 1. The minimum absolute atomic E-state index is 0.0883. The van der Waals surface area contributed by atoms with Crippen LogP contribution in [0, 0.1) is 0 Å². The summed E-state index contributed by atoms with van der Waals surface area (Å²) in [4.78, 5) is 7.44. The molecule has 1 aliphatic heterocycles. The molecule has 1 N–H and O–H groups in total. The summed E-state index contributed by atoms with van der Waals surface area (Å²) in [6, 6.07) is 5.81. The number of fused-ring (bicyclic) bond motifs is 1. The third kappa shape index (κ3) is 3.65. The lowest BCUT2D eigenvalue weighted by atomic mass is 10.0. The molecule has 0 fully saturated rings. The van der Waals surface area contributed by atoms with Crippen LogP contribution in [0.25, 0.3) is 0 Å². The van der Waals surface area contributed by atoms with Crippen molar-refractivity contribution in [3.05, 3.63) is 66.3 Å². The van der Waals surface area contributed by atoms with Crippen LogP contribution in [0.2, 0.25) is 0 Å².